The van der Waals surface area contributed by atoms with Crippen LogP contribution >= 0.6 is 11.6 Å². The third-order valence-electron chi connectivity index (χ3n) is 4.23. The van der Waals surface area contributed by atoms with Crippen LogP contribution in [0.4, 0.5) is 8.78 Å². The summed E-state index contributed by atoms with van der Waals surface area (Å²) in [6.45, 7) is 6.90. The van der Waals surface area contributed by atoms with E-state index in [2.05, 4.69) is 10.6 Å². The number of benzene rings is 1. The van der Waals surface area contributed by atoms with Gasteiger partial charge in [0.15, 0.2) is 0 Å². The maximum atomic E-state index is 13.8. The highest BCUT2D eigenvalue weighted by Crippen LogP contribution is 2.36. The molecule has 1 fully saturated rings. The van der Waals surface area contributed by atoms with Crippen molar-refractivity contribution < 1.29 is 18.4 Å². The number of hydrogen-bond acceptors (Lipinski definition) is 2. The molecule has 0 spiro atoms. The van der Waals surface area contributed by atoms with Crippen LogP contribution in [0.5, 0.6) is 0 Å². The molecule has 7 heteroatoms. The molecule has 0 aromatic heterocycles. The summed E-state index contributed by atoms with van der Waals surface area (Å²) in [7, 11) is 0. The average molecular weight is 389 g/mol. The molecule has 0 bridgehead atoms. The fourth-order valence-corrected chi connectivity index (χ4v) is 3.16. The molecule has 0 aliphatic heterocycles. The SMILES string of the molecule is CC(=O)NC1CCCC1.CC(C)(C)C(NC=O)c1c(F)ccc(Cl)c1F. The largest absolute Gasteiger partial charge is 0.354 e. The van der Waals surface area contributed by atoms with Gasteiger partial charge in [-0.05, 0) is 30.4 Å². The summed E-state index contributed by atoms with van der Waals surface area (Å²) in [6.07, 6.45) is 5.35. The highest BCUT2D eigenvalue weighted by atomic mass is 35.5. The first-order chi connectivity index (χ1) is 12.1. The third kappa shape index (κ3) is 6.56. The molecule has 2 N–H and O–H groups in total. The molecule has 2 amide bonds. The Morgan fingerprint density at radius 2 is 1.85 bits per heavy atom. The summed E-state index contributed by atoms with van der Waals surface area (Å²) in [5.74, 6) is -1.44. The molecule has 1 unspecified atom stereocenters. The summed E-state index contributed by atoms with van der Waals surface area (Å²) in [5, 5.41) is 5.17. The molecule has 1 aromatic carbocycles. The van der Waals surface area contributed by atoms with E-state index in [-0.39, 0.29) is 16.5 Å². The van der Waals surface area contributed by atoms with Crippen molar-refractivity contribution in [2.24, 2.45) is 5.41 Å². The number of carbonyl (C=O) groups is 2. The maximum absolute atomic E-state index is 13.8. The van der Waals surface area contributed by atoms with Gasteiger partial charge in [0.05, 0.1) is 11.1 Å². The van der Waals surface area contributed by atoms with Crippen molar-refractivity contribution in [2.75, 3.05) is 0 Å². The Kier molecular flexibility index (Phi) is 8.47. The minimum atomic E-state index is -0.832. The number of halogens is 3. The van der Waals surface area contributed by atoms with Crippen molar-refractivity contribution in [1.29, 1.82) is 0 Å². The molecule has 1 aliphatic rings. The van der Waals surface area contributed by atoms with E-state index in [9.17, 15) is 18.4 Å². The maximum Gasteiger partial charge on any atom is 0.217 e. The lowest BCUT2D eigenvalue weighted by atomic mass is 9.82. The van der Waals surface area contributed by atoms with Crippen molar-refractivity contribution >= 4 is 23.9 Å². The van der Waals surface area contributed by atoms with Gasteiger partial charge in [0.1, 0.15) is 11.6 Å². The quantitative estimate of drug-likeness (QED) is 0.588. The van der Waals surface area contributed by atoms with E-state index < -0.39 is 23.1 Å². The molecule has 0 radical (unpaired) electrons. The van der Waals surface area contributed by atoms with Gasteiger partial charge in [0.2, 0.25) is 12.3 Å². The second-order valence-electron chi connectivity index (χ2n) is 7.52. The average Bonchev–Trinajstić information content (AvgIpc) is 3.02. The predicted molar refractivity (Wildman–Crippen MR) is 98.8 cm³/mol. The van der Waals surface area contributed by atoms with Gasteiger partial charge >= 0.3 is 0 Å². The van der Waals surface area contributed by atoms with Gasteiger partial charge in [-0.15, -0.1) is 0 Å². The van der Waals surface area contributed by atoms with E-state index in [0.717, 1.165) is 12.1 Å². The molecule has 1 atom stereocenters. The minimum Gasteiger partial charge on any atom is -0.354 e. The van der Waals surface area contributed by atoms with Gasteiger partial charge in [-0.2, -0.15) is 0 Å². The van der Waals surface area contributed by atoms with Crippen molar-refractivity contribution in [3.05, 3.63) is 34.4 Å². The number of hydrogen-bond donors (Lipinski definition) is 2. The number of amides is 2. The highest BCUT2D eigenvalue weighted by molar-refractivity contribution is 6.30. The van der Waals surface area contributed by atoms with E-state index in [0.29, 0.717) is 12.5 Å². The standard InChI is InChI=1S/C12H14ClF2NO.C7H13NO/c1-12(2,3)11(16-6-17)9-8(14)5-4-7(13)10(9)15;1-6(9)8-7-4-2-3-5-7/h4-6,11H,1-3H3,(H,16,17);7H,2-5H2,1H3,(H,8,9). The van der Waals surface area contributed by atoms with Gasteiger partial charge in [-0.3, -0.25) is 9.59 Å². The van der Waals surface area contributed by atoms with Crippen LogP contribution < -0.4 is 10.6 Å². The van der Waals surface area contributed by atoms with Gasteiger partial charge in [0.25, 0.3) is 0 Å². The molecule has 1 saturated carbocycles. The van der Waals surface area contributed by atoms with Crippen molar-refractivity contribution in [1.82, 2.24) is 10.6 Å². The molecule has 146 valence electrons. The fraction of sp³-hybridized carbons (Fsp3) is 0.579. The topological polar surface area (TPSA) is 58.2 Å². The third-order valence-corrected chi connectivity index (χ3v) is 4.52. The lowest BCUT2D eigenvalue weighted by Crippen LogP contribution is -2.33. The fourth-order valence-electron chi connectivity index (χ4n) is 3.00. The van der Waals surface area contributed by atoms with Crippen LogP contribution in [-0.2, 0) is 9.59 Å². The van der Waals surface area contributed by atoms with Crippen LogP contribution in [0, 0.1) is 17.0 Å². The second-order valence-corrected chi connectivity index (χ2v) is 7.93. The summed E-state index contributed by atoms with van der Waals surface area (Å²) in [4.78, 5) is 21.0. The second kappa shape index (κ2) is 9.86. The predicted octanol–water partition coefficient (Wildman–Crippen LogP) is 4.52. The van der Waals surface area contributed by atoms with Crippen LogP contribution in [0.1, 0.15) is 65.0 Å². The Bertz CT molecular complexity index is 627. The monoisotopic (exact) mass is 388 g/mol. The van der Waals surface area contributed by atoms with Gasteiger partial charge in [-0.25, -0.2) is 8.78 Å². The van der Waals surface area contributed by atoms with Gasteiger partial charge in [-0.1, -0.05) is 45.2 Å². The van der Waals surface area contributed by atoms with Crippen molar-refractivity contribution in [3.63, 3.8) is 0 Å². The van der Waals surface area contributed by atoms with Gasteiger partial charge in [0, 0.05) is 18.5 Å². The zero-order valence-corrected chi connectivity index (χ0v) is 16.4. The molecule has 26 heavy (non-hydrogen) atoms. The molecule has 1 aromatic rings. The molecule has 2 rings (SSSR count). The number of nitrogens with one attached hydrogen (secondary N) is 2. The summed E-state index contributed by atoms with van der Waals surface area (Å²) in [5.41, 5.74) is -0.745. The smallest absolute Gasteiger partial charge is 0.217 e. The van der Waals surface area contributed by atoms with E-state index >= 15 is 0 Å². The highest BCUT2D eigenvalue weighted by Gasteiger charge is 2.31. The normalized spacial score (nSPS) is 15.7. The summed E-state index contributed by atoms with van der Waals surface area (Å²) < 4.78 is 27.5. The van der Waals surface area contributed by atoms with Gasteiger partial charge < -0.3 is 10.6 Å². The van der Waals surface area contributed by atoms with Crippen LogP contribution in [0.2, 0.25) is 5.02 Å². The van der Waals surface area contributed by atoms with Crippen molar-refractivity contribution in [3.8, 4) is 0 Å². The molecule has 4 nitrogen and oxygen atoms in total. The molecular weight excluding hydrogens is 362 g/mol. The number of rotatable bonds is 4. The first-order valence-corrected chi connectivity index (χ1v) is 9.06. The lowest BCUT2D eigenvalue weighted by molar-refractivity contribution is -0.119. The van der Waals surface area contributed by atoms with E-state index in [1.165, 1.54) is 25.7 Å². The first-order valence-electron chi connectivity index (χ1n) is 8.68. The summed E-state index contributed by atoms with van der Waals surface area (Å²) >= 11 is 5.62. The van der Waals surface area contributed by atoms with Crippen molar-refractivity contribution in [2.45, 2.75) is 65.5 Å². The summed E-state index contributed by atoms with van der Waals surface area (Å²) in [6, 6.07) is 1.95. The molecular formula is C19H27ClF2N2O2. The zero-order valence-electron chi connectivity index (χ0n) is 15.7. The van der Waals surface area contributed by atoms with E-state index in [1.807, 2.05) is 0 Å². The van der Waals surface area contributed by atoms with E-state index in [4.69, 9.17) is 11.6 Å². The van der Waals surface area contributed by atoms with Crippen LogP contribution in [0.3, 0.4) is 0 Å². The Morgan fingerprint density at radius 1 is 1.27 bits per heavy atom. The minimum absolute atomic E-state index is 0.113. The Hall–Kier alpha value is -1.69. The molecule has 1 aliphatic carbocycles. The first kappa shape index (κ1) is 22.4. The van der Waals surface area contributed by atoms with Crippen LogP contribution in [0.25, 0.3) is 0 Å². The molecule has 0 heterocycles. The van der Waals surface area contributed by atoms with Crippen LogP contribution in [0.15, 0.2) is 12.1 Å². The zero-order chi connectivity index (χ0) is 19.9. The Morgan fingerprint density at radius 3 is 2.31 bits per heavy atom. The lowest BCUT2D eigenvalue weighted by Gasteiger charge is -2.31. The number of carbonyl (C=O) groups excluding carboxylic acids is 2. The van der Waals surface area contributed by atoms with Crippen LogP contribution in [-0.4, -0.2) is 18.4 Å². The Balaban J connectivity index is 0.000000314. The molecule has 0 saturated heterocycles. The van der Waals surface area contributed by atoms with E-state index in [1.54, 1.807) is 27.7 Å². The Labute approximate surface area is 158 Å².